The molecule has 3 N–H and O–H groups in total. The molecule has 0 amide bonds. The average Bonchev–Trinajstić information content (AvgIpc) is 2.26. The van der Waals surface area contributed by atoms with Crippen LogP contribution in [0.25, 0.3) is 0 Å². The van der Waals surface area contributed by atoms with Crippen molar-refractivity contribution in [3.63, 3.8) is 0 Å². The minimum Gasteiger partial charge on any atom is -0.480 e. The molecule has 0 aromatic carbocycles. The Morgan fingerprint density at radius 3 is 2.62 bits per heavy atom. The topological polar surface area (TPSA) is 64.6 Å². The van der Waals surface area contributed by atoms with Crippen molar-refractivity contribution >= 4 is 5.97 Å². The zero-order valence-electron chi connectivity index (χ0n) is 10.3. The maximum Gasteiger partial charge on any atom is 0.323 e. The lowest BCUT2D eigenvalue weighted by Gasteiger charge is -2.28. The molecule has 1 saturated heterocycles. The number of carbonyl (C=O) groups is 1. The van der Waals surface area contributed by atoms with E-state index in [1.54, 1.807) is 13.8 Å². The zero-order valence-corrected chi connectivity index (χ0v) is 10.3. The second kappa shape index (κ2) is 6.18. The first kappa shape index (κ1) is 13.4. The van der Waals surface area contributed by atoms with Crippen LogP contribution in [-0.4, -0.2) is 60.8 Å². The van der Waals surface area contributed by atoms with E-state index in [4.69, 9.17) is 5.11 Å². The lowest BCUT2D eigenvalue weighted by molar-refractivity contribution is -0.143. The van der Waals surface area contributed by atoms with Crippen molar-refractivity contribution in [1.29, 1.82) is 0 Å². The predicted octanol–water partition coefficient (Wildman–Crippen LogP) is -0.265. The number of nitrogens with one attached hydrogen (secondary N) is 2. The van der Waals surface area contributed by atoms with E-state index in [1.165, 1.54) is 0 Å². The van der Waals surface area contributed by atoms with Gasteiger partial charge in [0.25, 0.3) is 0 Å². The number of aliphatic carboxylic acids is 1. The molecule has 5 nitrogen and oxygen atoms in total. The molecular weight excluding hydrogens is 206 g/mol. The van der Waals surface area contributed by atoms with Gasteiger partial charge in [0, 0.05) is 26.2 Å². The molecule has 1 aliphatic heterocycles. The van der Waals surface area contributed by atoms with Crippen LogP contribution in [0.5, 0.6) is 0 Å². The lowest BCUT2D eigenvalue weighted by atomic mass is 10.1. The summed E-state index contributed by atoms with van der Waals surface area (Å²) in [7, 11) is 0. The Morgan fingerprint density at radius 2 is 2.06 bits per heavy atom. The molecule has 16 heavy (non-hydrogen) atoms. The molecule has 0 spiro atoms. The minimum absolute atomic E-state index is 0.753. The molecular formula is C11H23N3O2. The smallest absolute Gasteiger partial charge is 0.323 e. The summed E-state index contributed by atoms with van der Waals surface area (Å²) in [6.07, 6.45) is 0.997. The maximum absolute atomic E-state index is 10.8. The zero-order chi connectivity index (χ0) is 12.0. The molecule has 0 saturated carbocycles. The van der Waals surface area contributed by atoms with Crippen molar-refractivity contribution in [2.75, 3.05) is 39.3 Å². The number of hydrogen-bond donors (Lipinski definition) is 3. The molecule has 94 valence electrons. The van der Waals surface area contributed by atoms with Crippen LogP contribution in [0.15, 0.2) is 0 Å². The van der Waals surface area contributed by atoms with Crippen molar-refractivity contribution in [2.24, 2.45) is 0 Å². The Morgan fingerprint density at radius 1 is 1.44 bits per heavy atom. The van der Waals surface area contributed by atoms with Gasteiger partial charge in [0.1, 0.15) is 5.54 Å². The Labute approximate surface area is 97.2 Å². The molecule has 5 heteroatoms. The highest BCUT2D eigenvalue weighted by molar-refractivity contribution is 5.77. The van der Waals surface area contributed by atoms with Crippen LogP contribution >= 0.6 is 0 Å². The summed E-state index contributed by atoms with van der Waals surface area (Å²) >= 11 is 0. The van der Waals surface area contributed by atoms with Gasteiger partial charge < -0.3 is 20.6 Å². The standard InChI is InChI=1S/C11H23N3O2/c1-11(2,10(15)16)13-4-3-7-14-8-5-12-6-9-14/h12-13H,3-9H2,1-2H3,(H,15,16). The second-order valence-electron chi connectivity index (χ2n) is 4.80. The van der Waals surface area contributed by atoms with Crippen molar-refractivity contribution in [1.82, 2.24) is 15.5 Å². The van der Waals surface area contributed by atoms with Crippen molar-refractivity contribution in [2.45, 2.75) is 25.8 Å². The van der Waals surface area contributed by atoms with E-state index in [2.05, 4.69) is 15.5 Å². The number of piperazine rings is 1. The van der Waals surface area contributed by atoms with Gasteiger partial charge in [0.15, 0.2) is 0 Å². The summed E-state index contributed by atoms with van der Waals surface area (Å²) in [6, 6.07) is 0. The number of nitrogens with zero attached hydrogens (tertiary/aromatic N) is 1. The Kier molecular flexibility index (Phi) is 5.18. The monoisotopic (exact) mass is 229 g/mol. The largest absolute Gasteiger partial charge is 0.480 e. The summed E-state index contributed by atoms with van der Waals surface area (Å²) < 4.78 is 0. The van der Waals surface area contributed by atoms with Gasteiger partial charge in [0.2, 0.25) is 0 Å². The third kappa shape index (κ3) is 4.47. The van der Waals surface area contributed by atoms with E-state index in [0.29, 0.717) is 0 Å². The summed E-state index contributed by atoms with van der Waals surface area (Å²) in [5, 5.41) is 15.3. The third-order valence-corrected chi connectivity index (χ3v) is 2.96. The van der Waals surface area contributed by atoms with Gasteiger partial charge in [0.05, 0.1) is 0 Å². The highest BCUT2D eigenvalue weighted by Crippen LogP contribution is 2.02. The lowest BCUT2D eigenvalue weighted by Crippen LogP contribution is -2.48. The van der Waals surface area contributed by atoms with Crippen LogP contribution in [0.1, 0.15) is 20.3 Å². The van der Waals surface area contributed by atoms with Crippen molar-refractivity contribution in [3.05, 3.63) is 0 Å². The molecule has 1 rings (SSSR count). The Balaban J connectivity index is 2.09. The van der Waals surface area contributed by atoms with Crippen LogP contribution < -0.4 is 10.6 Å². The number of carboxylic acids is 1. The highest BCUT2D eigenvalue weighted by atomic mass is 16.4. The predicted molar refractivity (Wildman–Crippen MR) is 63.6 cm³/mol. The molecule has 0 radical (unpaired) electrons. The van der Waals surface area contributed by atoms with Crippen LogP contribution in [0.4, 0.5) is 0 Å². The Bertz CT molecular complexity index is 225. The van der Waals surface area contributed by atoms with Gasteiger partial charge in [-0.3, -0.25) is 4.79 Å². The first-order valence-electron chi connectivity index (χ1n) is 5.94. The van der Waals surface area contributed by atoms with Crippen LogP contribution in [0.3, 0.4) is 0 Å². The van der Waals surface area contributed by atoms with Crippen LogP contribution in [-0.2, 0) is 4.79 Å². The number of hydrogen-bond acceptors (Lipinski definition) is 4. The van der Waals surface area contributed by atoms with E-state index >= 15 is 0 Å². The molecule has 0 unspecified atom stereocenters. The fourth-order valence-electron chi connectivity index (χ4n) is 1.71. The van der Waals surface area contributed by atoms with E-state index in [-0.39, 0.29) is 0 Å². The van der Waals surface area contributed by atoms with Gasteiger partial charge in [-0.05, 0) is 33.4 Å². The summed E-state index contributed by atoms with van der Waals surface area (Å²) in [6.45, 7) is 9.51. The molecule has 0 bridgehead atoms. The normalized spacial score (nSPS) is 18.6. The SMILES string of the molecule is CC(C)(NCCCN1CCNCC1)C(=O)O. The number of rotatable bonds is 6. The second-order valence-corrected chi connectivity index (χ2v) is 4.80. The first-order chi connectivity index (χ1) is 7.52. The quantitative estimate of drug-likeness (QED) is 0.547. The molecule has 0 aromatic heterocycles. The highest BCUT2D eigenvalue weighted by Gasteiger charge is 2.25. The van der Waals surface area contributed by atoms with Gasteiger partial charge in [-0.15, -0.1) is 0 Å². The molecule has 0 aliphatic carbocycles. The van der Waals surface area contributed by atoms with Gasteiger partial charge in [-0.2, -0.15) is 0 Å². The van der Waals surface area contributed by atoms with Crippen molar-refractivity contribution < 1.29 is 9.90 Å². The first-order valence-corrected chi connectivity index (χ1v) is 5.94. The van der Waals surface area contributed by atoms with Gasteiger partial charge in [-0.25, -0.2) is 0 Å². The third-order valence-electron chi connectivity index (χ3n) is 2.96. The maximum atomic E-state index is 10.8. The fourth-order valence-corrected chi connectivity index (χ4v) is 1.71. The molecule has 1 fully saturated rings. The summed E-state index contributed by atoms with van der Waals surface area (Å²) in [5.41, 5.74) is -0.816. The van der Waals surface area contributed by atoms with Gasteiger partial charge >= 0.3 is 5.97 Å². The molecule has 0 atom stereocenters. The molecule has 0 aromatic rings. The van der Waals surface area contributed by atoms with Crippen LogP contribution in [0.2, 0.25) is 0 Å². The van der Waals surface area contributed by atoms with E-state index in [1.807, 2.05) is 0 Å². The van der Waals surface area contributed by atoms with Gasteiger partial charge in [-0.1, -0.05) is 0 Å². The van der Waals surface area contributed by atoms with E-state index in [9.17, 15) is 4.79 Å². The fraction of sp³-hybridized carbons (Fsp3) is 0.909. The molecule has 1 aliphatic rings. The summed E-state index contributed by atoms with van der Waals surface area (Å²) in [5.74, 6) is -0.797. The minimum atomic E-state index is -0.816. The number of carboxylic acid groups (broad SMARTS) is 1. The van der Waals surface area contributed by atoms with Crippen LogP contribution in [0, 0.1) is 0 Å². The Hall–Kier alpha value is -0.650. The van der Waals surface area contributed by atoms with E-state index < -0.39 is 11.5 Å². The average molecular weight is 229 g/mol. The summed E-state index contributed by atoms with van der Waals surface area (Å²) in [4.78, 5) is 13.2. The molecule has 1 heterocycles. The van der Waals surface area contributed by atoms with Crippen molar-refractivity contribution in [3.8, 4) is 0 Å². The van der Waals surface area contributed by atoms with E-state index in [0.717, 1.165) is 45.7 Å².